The molecule has 31 heavy (non-hydrogen) atoms. The van der Waals surface area contributed by atoms with E-state index in [-0.39, 0.29) is 18.2 Å². The zero-order chi connectivity index (χ0) is 21.8. The van der Waals surface area contributed by atoms with Crippen molar-refractivity contribution in [2.24, 2.45) is 0 Å². The molecule has 8 heteroatoms. The number of hydrogen-bond donors (Lipinski definition) is 1. The van der Waals surface area contributed by atoms with Gasteiger partial charge in [-0.15, -0.1) is 5.10 Å². The first-order valence-electron chi connectivity index (χ1n) is 9.89. The molecule has 0 aliphatic heterocycles. The molecule has 4 aromatic rings. The highest BCUT2D eigenvalue weighted by molar-refractivity contribution is 6.02. The molecule has 0 fully saturated rings. The second kappa shape index (κ2) is 8.83. The summed E-state index contributed by atoms with van der Waals surface area (Å²) in [5.41, 5.74) is 4.03. The summed E-state index contributed by atoms with van der Waals surface area (Å²) in [4.78, 5) is 16.9. The Hall–Kier alpha value is -3.94. The fourth-order valence-corrected chi connectivity index (χ4v) is 3.27. The van der Waals surface area contributed by atoms with Gasteiger partial charge in [0.25, 0.3) is 5.91 Å². The van der Waals surface area contributed by atoms with E-state index in [1.54, 1.807) is 17.9 Å². The van der Waals surface area contributed by atoms with Crippen molar-refractivity contribution in [1.82, 2.24) is 19.9 Å². The molecule has 0 unspecified atom stereocenters. The van der Waals surface area contributed by atoms with E-state index in [2.05, 4.69) is 26.6 Å². The lowest BCUT2D eigenvalue weighted by atomic mass is 10.1. The number of ether oxygens (including phenoxy) is 1. The molecular formula is C23H23N5O3. The van der Waals surface area contributed by atoms with Crippen molar-refractivity contribution >= 4 is 11.9 Å². The number of nitrogens with zero attached hydrogens (tertiary/aromatic N) is 4. The Morgan fingerprint density at radius 3 is 2.58 bits per heavy atom. The quantitative estimate of drug-likeness (QED) is 0.487. The van der Waals surface area contributed by atoms with Gasteiger partial charge in [0, 0.05) is 0 Å². The SMILES string of the molecule is Cc1cc(C)cc(OCc2c(C(=O)Nc3ncn(Cc4ccccc4)n3)noc2C)c1. The van der Waals surface area contributed by atoms with Gasteiger partial charge in [-0.05, 0) is 49.6 Å². The maximum atomic E-state index is 12.8. The molecule has 0 radical (unpaired) electrons. The van der Waals surface area contributed by atoms with E-state index in [1.165, 1.54) is 0 Å². The highest BCUT2D eigenvalue weighted by Gasteiger charge is 2.21. The van der Waals surface area contributed by atoms with Gasteiger partial charge in [-0.25, -0.2) is 9.67 Å². The molecular weight excluding hydrogens is 394 g/mol. The Kier molecular flexibility index (Phi) is 5.79. The first-order chi connectivity index (χ1) is 15.0. The second-order valence-corrected chi connectivity index (χ2v) is 7.38. The van der Waals surface area contributed by atoms with E-state index in [0.717, 1.165) is 22.4 Å². The molecule has 0 bridgehead atoms. The number of hydrogen-bond acceptors (Lipinski definition) is 6. The van der Waals surface area contributed by atoms with Crippen LogP contribution in [0.25, 0.3) is 0 Å². The first kappa shape index (κ1) is 20.3. The van der Waals surface area contributed by atoms with Crippen LogP contribution in [0.1, 0.15) is 38.5 Å². The van der Waals surface area contributed by atoms with Crippen LogP contribution in [0.15, 0.2) is 59.4 Å². The Balaban J connectivity index is 1.43. The van der Waals surface area contributed by atoms with Crippen LogP contribution in [-0.4, -0.2) is 25.8 Å². The molecule has 8 nitrogen and oxygen atoms in total. The number of anilines is 1. The van der Waals surface area contributed by atoms with Crippen molar-refractivity contribution in [3.63, 3.8) is 0 Å². The molecule has 158 valence electrons. The summed E-state index contributed by atoms with van der Waals surface area (Å²) in [5, 5.41) is 10.9. The third-order valence-electron chi connectivity index (χ3n) is 4.73. The molecule has 0 saturated heterocycles. The fourth-order valence-electron chi connectivity index (χ4n) is 3.27. The van der Waals surface area contributed by atoms with Crippen LogP contribution in [0.2, 0.25) is 0 Å². The molecule has 2 heterocycles. The van der Waals surface area contributed by atoms with Crippen LogP contribution in [0.3, 0.4) is 0 Å². The summed E-state index contributed by atoms with van der Waals surface area (Å²) >= 11 is 0. The molecule has 1 amide bonds. The van der Waals surface area contributed by atoms with E-state index in [1.807, 2.05) is 56.3 Å². The Morgan fingerprint density at radius 1 is 1.10 bits per heavy atom. The summed E-state index contributed by atoms with van der Waals surface area (Å²) < 4.78 is 12.8. The maximum absolute atomic E-state index is 12.8. The summed E-state index contributed by atoms with van der Waals surface area (Å²) in [7, 11) is 0. The number of rotatable bonds is 7. The van der Waals surface area contributed by atoms with Gasteiger partial charge in [0.1, 0.15) is 24.4 Å². The summed E-state index contributed by atoms with van der Waals surface area (Å²) in [6.07, 6.45) is 1.57. The minimum absolute atomic E-state index is 0.154. The molecule has 0 saturated carbocycles. The number of amides is 1. The molecule has 1 N–H and O–H groups in total. The van der Waals surface area contributed by atoms with Gasteiger partial charge in [-0.2, -0.15) is 0 Å². The number of benzene rings is 2. The summed E-state index contributed by atoms with van der Waals surface area (Å²) in [6, 6.07) is 15.8. The molecule has 2 aromatic carbocycles. The van der Waals surface area contributed by atoms with Gasteiger partial charge < -0.3 is 9.26 Å². The molecule has 2 aromatic heterocycles. The first-order valence-corrected chi connectivity index (χ1v) is 9.89. The van der Waals surface area contributed by atoms with Gasteiger partial charge in [0.15, 0.2) is 5.69 Å². The highest BCUT2D eigenvalue weighted by atomic mass is 16.5. The van der Waals surface area contributed by atoms with E-state index in [4.69, 9.17) is 9.26 Å². The standard InChI is InChI=1S/C23H23N5O3/c1-15-9-16(2)11-19(10-15)30-13-20-17(3)31-27-21(20)22(29)25-23-24-14-28(26-23)12-18-7-5-4-6-8-18/h4-11,14H,12-13H2,1-3H3,(H,25,26,29). The molecule has 0 spiro atoms. The van der Waals surface area contributed by atoms with Crippen molar-refractivity contribution in [3.05, 3.63) is 88.6 Å². The van der Waals surface area contributed by atoms with E-state index in [0.29, 0.717) is 17.9 Å². The average Bonchev–Trinajstić information content (AvgIpc) is 3.32. The van der Waals surface area contributed by atoms with Gasteiger partial charge in [0.05, 0.1) is 12.1 Å². The Labute approximate surface area is 179 Å². The molecule has 0 aliphatic carbocycles. The van der Waals surface area contributed by atoms with E-state index in [9.17, 15) is 4.79 Å². The average molecular weight is 417 g/mol. The molecule has 4 rings (SSSR count). The number of nitrogens with one attached hydrogen (secondary N) is 1. The van der Waals surface area contributed by atoms with Crippen LogP contribution in [0.4, 0.5) is 5.95 Å². The van der Waals surface area contributed by atoms with Gasteiger partial charge in [-0.1, -0.05) is 41.6 Å². The van der Waals surface area contributed by atoms with E-state index >= 15 is 0 Å². The summed E-state index contributed by atoms with van der Waals surface area (Å²) in [5.74, 6) is 0.999. The number of carbonyl (C=O) groups is 1. The third kappa shape index (κ3) is 4.98. The number of aromatic nitrogens is 4. The van der Waals surface area contributed by atoms with Crippen molar-refractivity contribution in [2.45, 2.75) is 33.9 Å². The lowest BCUT2D eigenvalue weighted by Crippen LogP contribution is -2.16. The van der Waals surface area contributed by atoms with Gasteiger partial charge in [-0.3, -0.25) is 10.1 Å². The highest BCUT2D eigenvalue weighted by Crippen LogP contribution is 2.21. The van der Waals surface area contributed by atoms with Gasteiger partial charge >= 0.3 is 0 Å². The predicted molar refractivity (Wildman–Crippen MR) is 115 cm³/mol. The Morgan fingerprint density at radius 2 is 1.84 bits per heavy atom. The monoisotopic (exact) mass is 417 g/mol. The normalized spacial score (nSPS) is 10.8. The smallest absolute Gasteiger partial charge is 0.280 e. The topological polar surface area (TPSA) is 95.1 Å². The predicted octanol–water partition coefficient (Wildman–Crippen LogP) is 4.07. The zero-order valence-corrected chi connectivity index (χ0v) is 17.6. The van der Waals surface area contributed by atoms with Crippen molar-refractivity contribution in [1.29, 1.82) is 0 Å². The van der Waals surface area contributed by atoms with E-state index < -0.39 is 5.91 Å². The minimum atomic E-state index is -0.451. The van der Waals surface area contributed by atoms with Crippen LogP contribution >= 0.6 is 0 Å². The molecule has 0 aliphatic rings. The third-order valence-corrected chi connectivity index (χ3v) is 4.73. The largest absolute Gasteiger partial charge is 0.489 e. The fraction of sp³-hybridized carbons (Fsp3) is 0.217. The Bertz CT molecular complexity index is 1180. The lowest BCUT2D eigenvalue weighted by Gasteiger charge is -2.08. The number of carbonyl (C=O) groups excluding carboxylic acids is 1. The van der Waals surface area contributed by atoms with Crippen molar-refractivity contribution in [3.8, 4) is 5.75 Å². The van der Waals surface area contributed by atoms with Crippen LogP contribution in [0.5, 0.6) is 5.75 Å². The lowest BCUT2D eigenvalue weighted by molar-refractivity contribution is 0.101. The zero-order valence-electron chi connectivity index (χ0n) is 17.6. The van der Waals surface area contributed by atoms with Crippen LogP contribution < -0.4 is 10.1 Å². The summed E-state index contributed by atoms with van der Waals surface area (Å²) in [6.45, 7) is 6.48. The molecule has 0 atom stereocenters. The van der Waals surface area contributed by atoms with Crippen molar-refractivity contribution in [2.75, 3.05) is 5.32 Å². The number of aryl methyl sites for hydroxylation is 3. The minimum Gasteiger partial charge on any atom is -0.489 e. The van der Waals surface area contributed by atoms with Crippen LogP contribution in [-0.2, 0) is 13.2 Å². The van der Waals surface area contributed by atoms with Crippen LogP contribution in [0, 0.1) is 20.8 Å². The maximum Gasteiger partial charge on any atom is 0.280 e. The van der Waals surface area contributed by atoms with Crippen molar-refractivity contribution < 1.29 is 14.1 Å². The van der Waals surface area contributed by atoms with Gasteiger partial charge in [0.2, 0.25) is 5.95 Å². The second-order valence-electron chi connectivity index (χ2n) is 7.38.